The molecule has 0 saturated carbocycles. The number of hydrogen-bond donors (Lipinski definition) is 0. The van der Waals surface area contributed by atoms with Crippen LogP contribution in [0.25, 0.3) is 12.4 Å². The molecule has 90 valence electrons. The van der Waals surface area contributed by atoms with Crippen molar-refractivity contribution in [2.24, 2.45) is 0 Å². The van der Waals surface area contributed by atoms with Gasteiger partial charge in [-0.1, -0.05) is 25.0 Å². The van der Waals surface area contributed by atoms with Crippen molar-refractivity contribution in [3.63, 3.8) is 0 Å². The Kier molecular flexibility index (Phi) is 3.77. The monoisotopic (exact) mass is 240 g/mol. The molecule has 0 N–H and O–H groups in total. The zero-order valence-electron chi connectivity index (χ0n) is 10.2. The van der Waals surface area contributed by atoms with Gasteiger partial charge in [-0.05, 0) is 0 Å². The lowest BCUT2D eigenvalue weighted by molar-refractivity contribution is -0.686. The largest absolute Gasteiger partial charge is 0.249 e. The lowest BCUT2D eigenvalue weighted by Crippen LogP contribution is -2.31. The quantitative estimate of drug-likeness (QED) is 0.555. The maximum atomic E-state index is 3.69. The Morgan fingerprint density at radius 1 is 0.889 bits per heavy atom. The number of nitrogens with zero attached hydrogens (tertiary/aromatic N) is 4. The van der Waals surface area contributed by atoms with Crippen molar-refractivity contribution in [3.05, 3.63) is 50.6 Å². The van der Waals surface area contributed by atoms with E-state index in [0.717, 1.165) is 0 Å². The maximum absolute atomic E-state index is 3.69. The molecule has 0 bridgehead atoms. The van der Waals surface area contributed by atoms with Crippen molar-refractivity contribution < 1.29 is 9.13 Å². The molecule has 2 aromatic rings. The second kappa shape index (κ2) is 5.69. The van der Waals surface area contributed by atoms with E-state index in [9.17, 15) is 0 Å². The topological polar surface area (TPSA) is 17.6 Å². The van der Waals surface area contributed by atoms with Crippen LogP contribution in [0.1, 0.15) is 0 Å². The van der Waals surface area contributed by atoms with Crippen molar-refractivity contribution in [1.82, 2.24) is 9.13 Å². The molecule has 0 spiro atoms. The van der Waals surface area contributed by atoms with E-state index >= 15 is 0 Å². The molecular formula is C14H16N4+2. The van der Waals surface area contributed by atoms with Gasteiger partial charge in [0.15, 0.2) is 13.1 Å². The minimum Gasteiger partial charge on any atom is -0.225 e. The summed E-state index contributed by atoms with van der Waals surface area (Å²) < 4.78 is 7.80. The lowest BCUT2D eigenvalue weighted by atomic mass is 10.5. The fourth-order valence-corrected chi connectivity index (χ4v) is 1.52. The highest BCUT2D eigenvalue weighted by molar-refractivity contribution is 5.13. The highest BCUT2D eigenvalue weighted by atomic mass is 15.1. The molecule has 0 atom stereocenters. The van der Waals surface area contributed by atoms with Crippen LogP contribution >= 0.6 is 0 Å². The van der Waals surface area contributed by atoms with Crippen LogP contribution in [0.4, 0.5) is 0 Å². The molecular weight excluding hydrogens is 224 g/mol. The summed E-state index contributed by atoms with van der Waals surface area (Å²) in [4.78, 5) is 0. The van der Waals surface area contributed by atoms with E-state index in [1.807, 2.05) is 55.7 Å². The number of rotatable bonds is 4. The number of hydrogen-bond acceptors (Lipinski definition) is 0. The highest BCUT2D eigenvalue weighted by Gasteiger charge is 1.98. The summed E-state index contributed by atoms with van der Waals surface area (Å²) in [6.45, 7) is 8.75. The van der Waals surface area contributed by atoms with Gasteiger partial charge in [0.05, 0.1) is 12.4 Å². The van der Waals surface area contributed by atoms with Crippen LogP contribution in [0.15, 0.2) is 50.6 Å². The van der Waals surface area contributed by atoms with Crippen molar-refractivity contribution in [2.45, 2.75) is 13.1 Å². The summed E-state index contributed by atoms with van der Waals surface area (Å²) >= 11 is 0. The normalized spacial score (nSPS) is 9.56. The summed E-state index contributed by atoms with van der Waals surface area (Å²) in [5, 5.41) is 0. The van der Waals surface area contributed by atoms with Gasteiger partial charge in [0.2, 0.25) is 12.7 Å². The zero-order chi connectivity index (χ0) is 12.8. The van der Waals surface area contributed by atoms with Crippen molar-refractivity contribution in [2.75, 3.05) is 0 Å². The number of imidazole rings is 2. The second-order valence-electron chi connectivity index (χ2n) is 3.79. The average molecular weight is 240 g/mol. The smallest absolute Gasteiger partial charge is 0.225 e. The molecule has 0 radical (unpaired) electrons. The van der Waals surface area contributed by atoms with E-state index in [0.29, 0.717) is 13.1 Å². The molecule has 4 nitrogen and oxygen atoms in total. The van der Waals surface area contributed by atoms with Gasteiger partial charge in [-0.3, -0.25) is 0 Å². The molecule has 0 unspecified atom stereocenters. The summed E-state index contributed by atoms with van der Waals surface area (Å²) in [5.41, 5.74) is 0. The Morgan fingerprint density at radius 3 is 1.67 bits per heavy atom. The van der Waals surface area contributed by atoms with Gasteiger partial charge < -0.3 is 0 Å². The molecule has 0 amide bonds. The average Bonchev–Trinajstić information content (AvgIpc) is 3.03. The molecule has 2 aromatic heterocycles. The van der Waals surface area contributed by atoms with E-state index in [4.69, 9.17) is 0 Å². The summed E-state index contributed by atoms with van der Waals surface area (Å²) in [7, 11) is 0. The van der Waals surface area contributed by atoms with E-state index in [-0.39, 0.29) is 0 Å². The van der Waals surface area contributed by atoms with Crippen LogP contribution in [0.5, 0.6) is 0 Å². The van der Waals surface area contributed by atoms with E-state index in [1.165, 1.54) is 0 Å². The first-order chi connectivity index (χ1) is 8.81. The molecule has 2 heterocycles. The minimum atomic E-state index is 0.684. The van der Waals surface area contributed by atoms with Crippen LogP contribution < -0.4 is 9.13 Å². The van der Waals surface area contributed by atoms with Crippen LogP contribution in [-0.4, -0.2) is 9.13 Å². The Morgan fingerprint density at radius 2 is 1.33 bits per heavy atom. The van der Waals surface area contributed by atoms with Gasteiger partial charge in [0.25, 0.3) is 0 Å². The SMILES string of the molecule is C=Cn1cc[n+](CC#CC[n+]2ccn(C=C)c2)c1. The minimum absolute atomic E-state index is 0.684. The summed E-state index contributed by atoms with van der Waals surface area (Å²) in [6.07, 6.45) is 15.2. The first kappa shape index (κ1) is 11.9. The van der Waals surface area contributed by atoms with Crippen LogP contribution in [0.3, 0.4) is 0 Å². The Hall–Kier alpha value is -2.54. The second-order valence-corrected chi connectivity index (χ2v) is 3.79. The van der Waals surface area contributed by atoms with Gasteiger partial charge in [0.1, 0.15) is 24.8 Å². The molecule has 0 aliphatic rings. The molecule has 0 saturated heterocycles. The van der Waals surface area contributed by atoms with Crippen molar-refractivity contribution in [1.29, 1.82) is 0 Å². The first-order valence-electron chi connectivity index (χ1n) is 5.65. The summed E-state index contributed by atoms with van der Waals surface area (Å²) in [6, 6.07) is 0. The third-order valence-electron chi connectivity index (χ3n) is 2.49. The maximum Gasteiger partial charge on any atom is 0.249 e. The highest BCUT2D eigenvalue weighted by Crippen LogP contribution is 1.83. The molecule has 0 aromatic carbocycles. The number of aromatic nitrogens is 4. The molecule has 4 heteroatoms. The molecule has 18 heavy (non-hydrogen) atoms. The van der Waals surface area contributed by atoms with E-state index < -0.39 is 0 Å². The van der Waals surface area contributed by atoms with Gasteiger partial charge >= 0.3 is 0 Å². The predicted molar refractivity (Wildman–Crippen MR) is 69.8 cm³/mol. The van der Waals surface area contributed by atoms with Crippen molar-refractivity contribution >= 4 is 12.4 Å². The Labute approximate surface area is 107 Å². The predicted octanol–water partition coefficient (Wildman–Crippen LogP) is 0.769. The zero-order valence-corrected chi connectivity index (χ0v) is 10.2. The van der Waals surface area contributed by atoms with Crippen LogP contribution in [-0.2, 0) is 13.1 Å². The van der Waals surface area contributed by atoms with Crippen LogP contribution in [0, 0.1) is 11.8 Å². The third-order valence-corrected chi connectivity index (χ3v) is 2.49. The third kappa shape index (κ3) is 2.98. The standard InChI is InChI=1S/C14H16N4/c1-3-15-9-11-17(13-15)7-5-6-8-18-12-10-16(4-2)14-18/h3-4,9-14H,1-2,7-8H2/q+2. The first-order valence-corrected chi connectivity index (χ1v) is 5.65. The molecule has 2 rings (SSSR count). The van der Waals surface area contributed by atoms with Crippen LogP contribution in [0.2, 0.25) is 0 Å². The van der Waals surface area contributed by atoms with Gasteiger partial charge in [-0.25, -0.2) is 18.3 Å². The summed E-state index contributed by atoms with van der Waals surface area (Å²) in [5.74, 6) is 6.25. The van der Waals surface area contributed by atoms with Gasteiger partial charge in [-0.2, -0.15) is 0 Å². The van der Waals surface area contributed by atoms with Gasteiger partial charge in [0, 0.05) is 0 Å². The lowest BCUT2D eigenvalue weighted by Gasteiger charge is -1.85. The molecule has 0 aliphatic heterocycles. The molecule has 0 aliphatic carbocycles. The molecule has 0 fully saturated rings. The fourth-order valence-electron chi connectivity index (χ4n) is 1.52. The Balaban J connectivity index is 1.88. The Bertz CT molecular complexity index is 555. The van der Waals surface area contributed by atoms with E-state index in [2.05, 4.69) is 25.0 Å². The van der Waals surface area contributed by atoms with E-state index in [1.54, 1.807) is 12.4 Å². The van der Waals surface area contributed by atoms with Gasteiger partial charge in [-0.15, -0.1) is 0 Å². The van der Waals surface area contributed by atoms with Crippen molar-refractivity contribution in [3.8, 4) is 11.8 Å². The fraction of sp³-hybridized carbons (Fsp3) is 0.143.